The third kappa shape index (κ3) is 55.3. The van der Waals surface area contributed by atoms with Crippen molar-refractivity contribution in [3.05, 3.63) is 0 Å². The molecule has 5 heteroatoms. The average molecular weight is 127 g/mol. The zero-order valence-corrected chi connectivity index (χ0v) is 6.13. The minimum absolute atomic E-state index is 0. The van der Waals surface area contributed by atoms with Crippen molar-refractivity contribution in [2.24, 2.45) is 0 Å². The van der Waals surface area contributed by atoms with Gasteiger partial charge in [0.1, 0.15) is 0 Å². The van der Waals surface area contributed by atoms with Crippen LogP contribution in [0.5, 0.6) is 0 Å². The first-order valence-electron chi connectivity index (χ1n) is 0.756. The topological polar surface area (TPSA) is 0 Å². The van der Waals surface area contributed by atoms with Gasteiger partial charge < -0.3 is 0 Å². The summed E-state index contributed by atoms with van der Waals surface area (Å²) in [4.78, 5) is 0. The van der Waals surface area contributed by atoms with E-state index in [2.05, 4.69) is 0 Å². The van der Waals surface area contributed by atoms with E-state index < -0.39 is 6.43 Å². The Labute approximate surface area is 74.3 Å². The van der Waals surface area contributed by atoms with Gasteiger partial charge in [0.2, 0.25) is 0 Å². The molecule has 0 saturated heterocycles. The summed E-state index contributed by atoms with van der Waals surface area (Å²) in [5, 5.41) is 0. The molecule has 1 radical (unpaired) electrons. The summed E-state index contributed by atoms with van der Waals surface area (Å²) in [6.45, 7) is 0. The first-order chi connectivity index (χ1) is 2.00. The first-order valence-corrected chi connectivity index (χ1v) is 0.756. The van der Waals surface area contributed by atoms with E-state index in [1.54, 1.807) is 0 Å². The van der Waals surface area contributed by atoms with Gasteiger partial charge in [-0.25, -0.2) is 0 Å². The molecule has 0 spiro atoms. The average Bonchev–Trinajstić information content (AvgIpc) is 0.722. The van der Waals surface area contributed by atoms with Crippen molar-refractivity contribution < 1.29 is 17.6 Å². The molecule has 0 nitrogen and oxygen atoms in total. The van der Waals surface area contributed by atoms with Crippen LogP contribution in [0.25, 0.3) is 0 Å². The van der Waals surface area contributed by atoms with Gasteiger partial charge in [0.25, 0.3) is 0 Å². The molecule has 0 bridgehead atoms. The minimum Gasteiger partial charge on any atom is -0.140 e. The molecule has 0 aliphatic carbocycles. The summed E-state index contributed by atoms with van der Waals surface area (Å²) in [5.74, 6) is 0. The summed E-state index contributed by atoms with van der Waals surface area (Å²) in [7, 11) is 0. The zero-order valence-electron chi connectivity index (χ0n) is 3.01. The van der Waals surface area contributed by atoms with Crippen molar-refractivity contribution in [1.82, 2.24) is 0 Å². The van der Waals surface area contributed by atoms with Crippen LogP contribution in [0.4, 0.5) is 17.6 Å². The van der Waals surface area contributed by atoms with Gasteiger partial charge in [-0.3, -0.25) is 0 Å². The van der Waals surface area contributed by atoms with E-state index in [0.29, 0.717) is 0 Å². The van der Waals surface area contributed by atoms with Gasteiger partial charge in [0, 0.05) is 51.4 Å². The van der Waals surface area contributed by atoms with Crippen LogP contribution >= 0.6 is 0 Å². The van der Waals surface area contributed by atoms with Crippen LogP contribution in [0.3, 0.4) is 0 Å². The van der Waals surface area contributed by atoms with Crippen molar-refractivity contribution in [3.63, 3.8) is 0 Å². The van der Waals surface area contributed by atoms with Gasteiger partial charge >= 0.3 is 6.43 Å². The Morgan fingerprint density at radius 2 is 0.833 bits per heavy atom. The number of rotatable bonds is 0. The molecule has 33 valence electrons. The second-order valence-corrected chi connectivity index (χ2v) is 0.429. The number of hydrogen-bond acceptors (Lipinski definition) is 0. The predicted octanol–water partition coefficient (Wildman–Crippen LogP) is 1.09. The molecule has 0 N–H and O–H groups in total. The van der Waals surface area contributed by atoms with Crippen molar-refractivity contribution in [1.29, 1.82) is 0 Å². The van der Waals surface area contributed by atoms with E-state index in [9.17, 15) is 17.6 Å². The van der Waals surface area contributed by atoms with Crippen molar-refractivity contribution in [3.8, 4) is 0 Å². The second-order valence-electron chi connectivity index (χ2n) is 0.429. The van der Waals surface area contributed by atoms with E-state index >= 15 is 0 Å². The molecule has 0 amide bonds. The van der Waals surface area contributed by atoms with Crippen LogP contribution in [0.15, 0.2) is 0 Å². The Kier molecular flexibility index (Phi) is 5.82. The fraction of sp³-hybridized carbons (Fsp3) is 1.00. The van der Waals surface area contributed by atoms with Gasteiger partial charge in [-0.15, -0.1) is 17.6 Å². The summed E-state index contributed by atoms with van der Waals surface area (Å²) >= 11 is 0. The summed E-state index contributed by atoms with van der Waals surface area (Å²) < 4.78 is 38.8. The molecule has 0 aliphatic heterocycles. The van der Waals surface area contributed by atoms with Crippen molar-refractivity contribution in [2.45, 2.75) is 6.43 Å². The summed E-state index contributed by atoms with van der Waals surface area (Å²) in [6.07, 6.45) is -5.50. The Hall–Kier alpha value is 1.36. The van der Waals surface area contributed by atoms with E-state index in [1.165, 1.54) is 0 Å². The molecule has 0 aromatic heterocycles. The van der Waals surface area contributed by atoms with Crippen LogP contribution in [0.2, 0.25) is 0 Å². The smallest absolute Gasteiger partial charge is 0.140 e. The normalized spacial score (nSPS) is 10.0. The molecule has 0 rings (SSSR count). The number of alkyl halides is 4. The number of hydrogen-bond donors (Lipinski definition) is 0. The van der Waals surface area contributed by atoms with Crippen molar-refractivity contribution >= 4 is 51.4 Å². The van der Waals surface area contributed by atoms with Crippen LogP contribution in [-0.4, -0.2) is 57.8 Å². The Bertz CT molecular complexity index is 23.0. The molecule has 0 aliphatic rings. The van der Waals surface area contributed by atoms with Crippen molar-refractivity contribution in [2.75, 3.05) is 0 Å². The SMILES string of the molecule is FC(F)(F)F.[K]. The number of halogens is 4. The third-order valence-electron chi connectivity index (χ3n) is 0. The van der Waals surface area contributed by atoms with E-state index in [1.807, 2.05) is 0 Å². The van der Waals surface area contributed by atoms with Crippen LogP contribution in [0.1, 0.15) is 0 Å². The molecule has 0 unspecified atom stereocenters. The predicted molar refractivity (Wildman–Crippen MR) is 12.9 cm³/mol. The fourth-order valence-corrected chi connectivity index (χ4v) is 0. The molecular formula is CF4K. The molecule has 0 saturated carbocycles. The van der Waals surface area contributed by atoms with Gasteiger partial charge in [0.05, 0.1) is 0 Å². The molecule has 0 heterocycles. The largest absolute Gasteiger partial charge is 0.559 e. The monoisotopic (exact) mass is 127 g/mol. The maximum absolute atomic E-state index is 9.69. The van der Waals surface area contributed by atoms with E-state index in [0.717, 1.165) is 0 Å². The van der Waals surface area contributed by atoms with Crippen LogP contribution in [0, 0.1) is 0 Å². The molecule has 0 aromatic carbocycles. The standard InChI is InChI=1S/CF4.K/c2-1(3,4)5;. The van der Waals surface area contributed by atoms with E-state index in [-0.39, 0.29) is 51.4 Å². The quantitative estimate of drug-likeness (QED) is 0.337. The molecule has 0 aromatic rings. The maximum Gasteiger partial charge on any atom is 0.559 e. The summed E-state index contributed by atoms with van der Waals surface area (Å²) in [5.41, 5.74) is 0. The minimum atomic E-state index is -5.50. The van der Waals surface area contributed by atoms with Crippen LogP contribution in [-0.2, 0) is 0 Å². The molecular weight excluding hydrogens is 127 g/mol. The van der Waals surface area contributed by atoms with Gasteiger partial charge in [-0.05, 0) is 0 Å². The first kappa shape index (κ1) is 10.4. The van der Waals surface area contributed by atoms with Gasteiger partial charge in [-0.2, -0.15) is 0 Å². The third-order valence-corrected chi connectivity index (χ3v) is 0. The zero-order chi connectivity index (χ0) is 4.50. The van der Waals surface area contributed by atoms with E-state index in [4.69, 9.17) is 0 Å². The fourth-order valence-electron chi connectivity index (χ4n) is 0. The Morgan fingerprint density at radius 3 is 0.833 bits per heavy atom. The molecule has 6 heavy (non-hydrogen) atoms. The Morgan fingerprint density at radius 1 is 0.833 bits per heavy atom. The van der Waals surface area contributed by atoms with Crippen LogP contribution < -0.4 is 0 Å². The van der Waals surface area contributed by atoms with Gasteiger partial charge in [0.15, 0.2) is 0 Å². The Balaban J connectivity index is 0. The second kappa shape index (κ2) is 3.37. The molecule has 0 atom stereocenters. The molecule has 0 fully saturated rings. The van der Waals surface area contributed by atoms with Gasteiger partial charge in [-0.1, -0.05) is 0 Å². The maximum atomic E-state index is 9.69. The summed E-state index contributed by atoms with van der Waals surface area (Å²) in [6, 6.07) is 0.